The molecule has 4 unspecified atom stereocenters. The molecule has 87 valence electrons. The van der Waals surface area contributed by atoms with Crippen molar-refractivity contribution in [2.75, 3.05) is 0 Å². The van der Waals surface area contributed by atoms with Crippen molar-refractivity contribution in [2.45, 2.75) is 35.3 Å². The van der Waals surface area contributed by atoms with Crippen LogP contribution in [0.15, 0.2) is 24.3 Å². The summed E-state index contributed by atoms with van der Waals surface area (Å²) >= 11 is 12.4. The van der Waals surface area contributed by atoms with E-state index in [2.05, 4.69) is 31.2 Å². The summed E-state index contributed by atoms with van der Waals surface area (Å²) < 4.78 is 0. The molecule has 1 saturated carbocycles. The fourth-order valence-electron chi connectivity index (χ4n) is 2.32. The molecule has 0 heterocycles. The van der Waals surface area contributed by atoms with Crippen LogP contribution in [0.1, 0.15) is 23.5 Å². The minimum atomic E-state index is -0.0465. The SMILES string of the molecule is [B]C1C(Cl)CC(Cl)C1c1ccc(C[CH2-])cc1.[Y]. The van der Waals surface area contributed by atoms with Gasteiger partial charge in [-0.05, 0) is 17.9 Å². The van der Waals surface area contributed by atoms with Gasteiger partial charge in [0.05, 0.1) is 7.85 Å². The molecule has 4 atom stereocenters. The Morgan fingerprint density at radius 2 is 1.76 bits per heavy atom. The first kappa shape index (κ1) is 16.0. The number of benzene rings is 1. The molecule has 1 aromatic carbocycles. The molecule has 0 spiro atoms. The number of rotatable bonds is 2. The molecule has 0 bridgehead atoms. The Morgan fingerprint density at radius 1 is 1.18 bits per heavy atom. The average molecular weight is 341 g/mol. The number of hydrogen-bond acceptors (Lipinski definition) is 0. The summed E-state index contributed by atoms with van der Waals surface area (Å²) in [4.78, 5) is 0. The van der Waals surface area contributed by atoms with E-state index in [1.165, 1.54) is 11.1 Å². The van der Waals surface area contributed by atoms with Crippen LogP contribution >= 0.6 is 23.2 Å². The number of hydrogen-bond donors (Lipinski definition) is 0. The summed E-state index contributed by atoms with van der Waals surface area (Å²) in [6.07, 6.45) is 1.59. The Hall–Kier alpha value is 0.969. The molecule has 0 aromatic heterocycles. The molecule has 0 aliphatic heterocycles. The Morgan fingerprint density at radius 3 is 2.18 bits per heavy atom. The van der Waals surface area contributed by atoms with Crippen LogP contribution in [0.3, 0.4) is 0 Å². The van der Waals surface area contributed by atoms with Crippen molar-refractivity contribution in [3.05, 3.63) is 42.3 Å². The van der Waals surface area contributed by atoms with Gasteiger partial charge in [0.15, 0.2) is 0 Å². The maximum atomic E-state index is 6.30. The van der Waals surface area contributed by atoms with Gasteiger partial charge in [-0.3, -0.25) is 0 Å². The predicted octanol–water partition coefficient (Wildman–Crippen LogP) is 3.72. The Labute approximate surface area is 140 Å². The Bertz CT molecular complexity index is 355. The van der Waals surface area contributed by atoms with Crippen molar-refractivity contribution in [1.82, 2.24) is 0 Å². The van der Waals surface area contributed by atoms with Crippen molar-refractivity contribution in [3.8, 4) is 0 Å². The van der Waals surface area contributed by atoms with E-state index in [1.807, 2.05) is 0 Å². The van der Waals surface area contributed by atoms with E-state index in [0.717, 1.165) is 12.8 Å². The first-order valence-corrected chi connectivity index (χ1v) is 6.42. The van der Waals surface area contributed by atoms with Gasteiger partial charge in [-0.15, -0.1) is 23.2 Å². The van der Waals surface area contributed by atoms with Gasteiger partial charge in [0.1, 0.15) is 0 Å². The van der Waals surface area contributed by atoms with Crippen LogP contribution in [0, 0.1) is 6.92 Å². The number of alkyl halides is 2. The maximum Gasteiger partial charge on any atom is 0.0728 e. The molecular weight excluding hydrogens is 327 g/mol. The molecule has 0 N–H and O–H groups in total. The fraction of sp³-hybridized carbons (Fsp3) is 0.462. The van der Waals surface area contributed by atoms with Crippen LogP contribution < -0.4 is 0 Å². The molecule has 17 heavy (non-hydrogen) atoms. The van der Waals surface area contributed by atoms with Crippen LogP contribution in [-0.4, -0.2) is 18.6 Å². The van der Waals surface area contributed by atoms with Crippen molar-refractivity contribution in [1.29, 1.82) is 0 Å². The molecule has 1 aliphatic rings. The second-order valence-electron chi connectivity index (χ2n) is 4.36. The van der Waals surface area contributed by atoms with E-state index in [1.54, 1.807) is 0 Å². The average Bonchev–Trinajstić information content (AvgIpc) is 2.54. The zero-order chi connectivity index (χ0) is 11.7. The third-order valence-corrected chi connectivity index (χ3v) is 4.24. The van der Waals surface area contributed by atoms with E-state index in [4.69, 9.17) is 31.0 Å². The first-order chi connectivity index (χ1) is 7.63. The first-order valence-electron chi connectivity index (χ1n) is 5.55. The minimum absolute atomic E-state index is 0. The smallest absolute Gasteiger partial charge is 0.0728 e. The second kappa shape index (κ2) is 6.94. The zero-order valence-electron chi connectivity index (χ0n) is 9.65. The van der Waals surface area contributed by atoms with E-state index < -0.39 is 0 Å². The summed E-state index contributed by atoms with van der Waals surface area (Å²) in [5, 5.41) is 0.0307. The van der Waals surface area contributed by atoms with Crippen LogP contribution in [0.4, 0.5) is 0 Å². The summed E-state index contributed by atoms with van der Waals surface area (Å²) in [5.74, 6) is 0.123. The van der Waals surface area contributed by atoms with Gasteiger partial charge in [-0.2, -0.15) is 6.42 Å². The van der Waals surface area contributed by atoms with Gasteiger partial charge in [0.2, 0.25) is 0 Å². The number of halogens is 2. The molecule has 3 radical (unpaired) electrons. The van der Waals surface area contributed by atoms with Crippen molar-refractivity contribution < 1.29 is 32.7 Å². The molecule has 0 nitrogen and oxygen atoms in total. The van der Waals surface area contributed by atoms with Gasteiger partial charge in [0, 0.05) is 43.5 Å². The maximum absolute atomic E-state index is 6.30. The van der Waals surface area contributed by atoms with Crippen molar-refractivity contribution in [3.63, 3.8) is 0 Å². The third kappa shape index (κ3) is 3.50. The van der Waals surface area contributed by atoms with Crippen LogP contribution in [0.5, 0.6) is 0 Å². The molecule has 1 aliphatic carbocycles. The largest absolute Gasteiger partial charge is 0.339 e. The normalized spacial score (nSPS) is 32.2. The minimum Gasteiger partial charge on any atom is -0.339 e. The fourth-order valence-corrected chi connectivity index (χ4v) is 3.27. The molecule has 0 saturated heterocycles. The zero-order valence-corrected chi connectivity index (χ0v) is 14.0. The summed E-state index contributed by atoms with van der Waals surface area (Å²) in [6, 6.07) is 8.35. The van der Waals surface area contributed by atoms with Crippen molar-refractivity contribution in [2.24, 2.45) is 0 Å². The standard InChI is InChI=1S/C13H14BCl2.Y/c1-2-8-3-5-9(6-4-8)12-10(15)7-11(16)13(12)14;/h3-6,10-13H,1-2,7H2;/q-1;. The van der Waals surface area contributed by atoms with E-state index in [-0.39, 0.29) is 55.2 Å². The quantitative estimate of drug-likeness (QED) is 0.437. The molecular formula is C13H14BCl2Y-. The molecule has 2 rings (SSSR count). The molecule has 4 heteroatoms. The molecule has 1 fully saturated rings. The van der Waals surface area contributed by atoms with Gasteiger partial charge in [0.25, 0.3) is 0 Å². The van der Waals surface area contributed by atoms with E-state index >= 15 is 0 Å². The Kier molecular flexibility index (Phi) is 6.54. The van der Waals surface area contributed by atoms with Crippen LogP contribution in [0.2, 0.25) is 5.82 Å². The van der Waals surface area contributed by atoms with Crippen LogP contribution in [-0.2, 0) is 39.1 Å². The van der Waals surface area contributed by atoms with Gasteiger partial charge in [-0.1, -0.05) is 35.6 Å². The predicted molar refractivity (Wildman–Crippen MR) is 71.6 cm³/mol. The van der Waals surface area contributed by atoms with Crippen LogP contribution in [0.25, 0.3) is 0 Å². The monoisotopic (exact) mass is 340 g/mol. The third-order valence-electron chi connectivity index (χ3n) is 3.33. The molecule has 1 aromatic rings. The van der Waals surface area contributed by atoms with Gasteiger partial charge < -0.3 is 6.92 Å². The second-order valence-corrected chi connectivity index (χ2v) is 5.48. The van der Waals surface area contributed by atoms with Gasteiger partial charge in [-0.25, -0.2) is 0 Å². The van der Waals surface area contributed by atoms with Gasteiger partial charge >= 0.3 is 0 Å². The van der Waals surface area contributed by atoms with E-state index in [9.17, 15) is 0 Å². The molecule has 0 amide bonds. The summed E-state index contributed by atoms with van der Waals surface area (Å²) in [6.45, 7) is 3.85. The summed E-state index contributed by atoms with van der Waals surface area (Å²) in [7, 11) is 6.09. The van der Waals surface area contributed by atoms with Crippen molar-refractivity contribution >= 4 is 31.0 Å². The Balaban J connectivity index is 0.00000144. The topological polar surface area (TPSA) is 0 Å². The summed E-state index contributed by atoms with van der Waals surface area (Å²) in [5.41, 5.74) is 2.41. The van der Waals surface area contributed by atoms with E-state index in [0.29, 0.717) is 0 Å².